The number of amides is 2. The van der Waals surface area contributed by atoms with Gasteiger partial charge in [-0.15, -0.1) is 0 Å². The molecule has 0 radical (unpaired) electrons. The number of rotatable bonds is 13. The van der Waals surface area contributed by atoms with Crippen molar-refractivity contribution in [2.75, 3.05) is 35.6 Å². The zero-order valence-corrected chi connectivity index (χ0v) is 30.0. The summed E-state index contributed by atoms with van der Waals surface area (Å²) in [6.07, 6.45) is -1.33. The molecule has 3 aromatic carbocycles. The highest BCUT2D eigenvalue weighted by atomic mass is 79.9. The molecule has 1 aliphatic heterocycles. The number of aromatic nitrogens is 4. The Kier molecular flexibility index (Phi) is 12.0. The van der Waals surface area contributed by atoms with Crippen molar-refractivity contribution >= 4 is 79.1 Å². The normalized spacial score (nSPS) is 18.2. The van der Waals surface area contributed by atoms with E-state index in [1.165, 1.54) is 17.2 Å². The molecule has 0 saturated carbocycles. The average molecular weight is 791 g/mol. The van der Waals surface area contributed by atoms with E-state index in [-0.39, 0.29) is 24.7 Å². The van der Waals surface area contributed by atoms with Crippen LogP contribution in [0.1, 0.15) is 17.4 Å². The number of benzene rings is 3. The molecule has 0 bridgehead atoms. The lowest BCUT2D eigenvalue weighted by Gasteiger charge is -2.16. The van der Waals surface area contributed by atoms with Gasteiger partial charge in [-0.3, -0.25) is 14.2 Å². The molecule has 1 saturated heterocycles. The molecule has 1 fully saturated rings. The van der Waals surface area contributed by atoms with Gasteiger partial charge >= 0.3 is 0 Å². The molecule has 2 amide bonds. The number of carbonyl (C=O) groups is 2. The minimum Gasteiger partial charge on any atom is -0.394 e. The Morgan fingerprint density at radius 2 is 1.40 bits per heavy atom. The number of nitrogens with one attached hydrogen (secondary N) is 5. The second-order valence-corrected chi connectivity index (χ2v) is 13.3. The standard InChI is InChI=1S/C35H36BrN9O6S/c36-22-5-11-25(12-6-22)44-35(52)38-14-13-37-27(47)15-20-1-7-23(8-2-20)42-28(48)16-21-3-9-24(10-4-21)43-32-29-33(40-18-39-32)45(19-41-29)34-31(50)30(49)26(17-46)51-34/h1-12,18-19,26,30-31,34,46,49-50H,13-17H2,(H,37,47)(H,42,48)(H2,38,44,52)(H,39,40,43)/t26-,30-,31-,34?/m1/s1. The van der Waals surface area contributed by atoms with Crippen molar-refractivity contribution in [1.82, 2.24) is 30.2 Å². The topological polar surface area (TPSA) is 208 Å². The lowest BCUT2D eigenvalue weighted by molar-refractivity contribution is -0.120. The van der Waals surface area contributed by atoms with Crippen LogP contribution >= 0.6 is 28.1 Å². The third-order valence-electron chi connectivity index (χ3n) is 8.17. The first kappa shape index (κ1) is 36.7. The molecule has 1 unspecified atom stereocenters. The molecular weight excluding hydrogens is 754 g/mol. The third kappa shape index (κ3) is 9.24. The van der Waals surface area contributed by atoms with Gasteiger partial charge in [-0.05, 0) is 71.9 Å². The molecular formula is C35H36BrN9O6S. The summed E-state index contributed by atoms with van der Waals surface area (Å²) in [5, 5.41) is 45.6. The van der Waals surface area contributed by atoms with Crippen LogP contribution in [-0.4, -0.2) is 89.8 Å². The molecule has 52 heavy (non-hydrogen) atoms. The molecule has 4 atom stereocenters. The molecule has 5 aromatic rings. The van der Waals surface area contributed by atoms with E-state index in [4.69, 9.17) is 17.0 Å². The maximum Gasteiger partial charge on any atom is 0.228 e. The number of fused-ring (bicyclic) bond motifs is 1. The number of aliphatic hydroxyl groups is 3. The first-order valence-electron chi connectivity index (χ1n) is 16.3. The van der Waals surface area contributed by atoms with Gasteiger partial charge in [-0.25, -0.2) is 15.0 Å². The van der Waals surface area contributed by atoms with Gasteiger partial charge in [0.2, 0.25) is 11.8 Å². The van der Waals surface area contributed by atoms with Gasteiger partial charge in [-0.2, -0.15) is 0 Å². The fraction of sp³-hybridized carbons (Fsp3) is 0.257. The maximum atomic E-state index is 12.8. The molecule has 2 aromatic heterocycles. The number of nitrogens with zero attached hydrogens (tertiary/aromatic N) is 4. The lowest BCUT2D eigenvalue weighted by atomic mass is 10.1. The summed E-state index contributed by atoms with van der Waals surface area (Å²) < 4.78 is 8.08. The fourth-order valence-corrected chi connectivity index (χ4v) is 6.00. The highest BCUT2D eigenvalue weighted by molar-refractivity contribution is 9.10. The van der Waals surface area contributed by atoms with E-state index in [0.29, 0.717) is 46.6 Å². The monoisotopic (exact) mass is 789 g/mol. The second-order valence-electron chi connectivity index (χ2n) is 11.9. The Labute approximate surface area is 312 Å². The number of ether oxygens (including phenoxy) is 1. The highest BCUT2D eigenvalue weighted by Crippen LogP contribution is 2.32. The molecule has 0 aliphatic carbocycles. The summed E-state index contributed by atoms with van der Waals surface area (Å²) >= 11 is 8.69. The van der Waals surface area contributed by atoms with Gasteiger partial charge < -0.3 is 46.6 Å². The first-order valence-corrected chi connectivity index (χ1v) is 17.5. The summed E-state index contributed by atoms with van der Waals surface area (Å²) in [5.41, 5.74) is 4.55. The van der Waals surface area contributed by atoms with Crippen molar-refractivity contribution in [2.24, 2.45) is 0 Å². The Hall–Kier alpha value is -5.04. The van der Waals surface area contributed by atoms with Crippen LogP contribution in [0, 0.1) is 0 Å². The van der Waals surface area contributed by atoms with Crippen LogP contribution in [0.5, 0.6) is 0 Å². The van der Waals surface area contributed by atoms with Crippen LogP contribution in [0.25, 0.3) is 11.2 Å². The Morgan fingerprint density at radius 1 is 0.788 bits per heavy atom. The van der Waals surface area contributed by atoms with Gasteiger partial charge in [0.15, 0.2) is 28.3 Å². The number of aliphatic hydroxyl groups excluding tert-OH is 3. The van der Waals surface area contributed by atoms with Crippen LogP contribution in [0.15, 0.2) is 89.9 Å². The van der Waals surface area contributed by atoms with Crippen LogP contribution in [-0.2, 0) is 27.2 Å². The molecule has 15 nitrogen and oxygen atoms in total. The van der Waals surface area contributed by atoms with Crippen molar-refractivity contribution < 1.29 is 29.6 Å². The summed E-state index contributed by atoms with van der Waals surface area (Å²) in [6.45, 7) is 0.433. The van der Waals surface area contributed by atoms with Gasteiger partial charge in [0, 0.05) is 34.6 Å². The van der Waals surface area contributed by atoms with E-state index in [1.807, 2.05) is 48.5 Å². The molecule has 1 aliphatic rings. The van der Waals surface area contributed by atoms with Crippen molar-refractivity contribution in [1.29, 1.82) is 0 Å². The number of carbonyl (C=O) groups excluding carboxylic acids is 2. The van der Waals surface area contributed by atoms with Gasteiger partial charge in [0.1, 0.15) is 24.6 Å². The summed E-state index contributed by atoms with van der Waals surface area (Å²) in [7, 11) is 0. The summed E-state index contributed by atoms with van der Waals surface area (Å²) in [6, 6.07) is 22.0. The zero-order valence-electron chi connectivity index (χ0n) is 27.6. The number of hydrogen-bond donors (Lipinski definition) is 8. The average Bonchev–Trinajstić information content (AvgIpc) is 3.69. The number of hydrogen-bond acceptors (Lipinski definition) is 11. The Balaban J connectivity index is 0.935. The smallest absolute Gasteiger partial charge is 0.228 e. The van der Waals surface area contributed by atoms with Crippen molar-refractivity contribution in [2.45, 2.75) is 37.4 Å². The third-order valence-corrected chi connectivity index (χ3v) is 8.94. The molecule has 0 spiro atoms. The summed E-state index contributed by atoms with van der Waals surface area (Å²) in [4.78, 5) is 38.1. The molecule has 8 N–H and O–H groups in total. The van der Waals surface area contributed by atoms with Gasteiger partial charge in [-0.1, -0.05) is 40.2 Å². The van der Waals surface area contributed by atoms with Crippen LogP contribution in [0.2, 0.25) is 0 Å². The van der Waals surface area contributed by atoms with Crippen molar-refractivity contribution in [3.8, 4) is 0 Å². The SMILES string of the molecule is O=C(Cc1ccc(NC(=O)Cc2ccc(Nc3ncnc4c3ncn4C3O[C@H](CO)[C@@H](O)[C@H]3O)cc2)cc1)NCCNC(=S)Nc1ccc(Br)cc1. The Bertz CT molecular complexity index is 2010. The number of imidazole rings is 1. The van der Waals surface area contributed by atoms with Gasteiger partial charge in [0.25, 0.3) is 0 Å². The second kappa shape index (κ2) is 17.0. The van der Waals surface area contributed by atoms with E-state index in [0.717, 1.165) is 21.3 Å². The summed E-state index contributed by atoms with van der Waals surface area (Å²) in [5.74, 6) is 0.0851. The largest absolute Gasteiger partial charge is 0.394 e. The minimum atomic E-state index is -1.28. The van der Waals surface area contributed by atoms with E-state index < -0.39 is 31.1 Å². The number of anilines is 4. The van der Waals surface area contributed by atoms with E-state index in [9.17, 15) is 24.9 Å². The zero-order chi connectivity index (χ0) is 36.6. The van der Waals surface area contributed by atoms with E-state index in [1.54, 1.807) is 24.3 Å². The molecule has 3 heterocycles. The van der Waals surface area contributed by atoms with Gasteiger partial charge in [0.05, 0.1) is 25.8 Å². The van der Waals surface area contributed by atoms with Crippen LogP contribution < -0.4 is 26.6 Å². The fourth-order valence-electron chi connectivity index (χ4n) is 5.51. The predicted molar refractivity (Wildman–Crippen MR) is 202 cm³/mol. The minimum absolute atomic E-state index is 0.127. The number of thiocarbonyl (C=S) groups is 1. The quantitative estimate of drug-likeness (QED) is 0.0639. The molecule has 270 valence electrons. The molecule has 17 heteroatoms. The number of halogens is 1. The van der Waals surface area contributed by atoms with Crippen LogP contribution in [0.3, 0.4) is 0 Å². The maximum absolute atomic E-state index is 12.8. The van der Waals surface area contributed by atoms with Crippen molar-refractivity contribution in [3.05, 3.63) is 101 Å². The Morgan fingerprint density at radius 3 is 2.08 bits per heavy atom. The van der Waals surface area contributed by atoms with Crippen LogP contribution in [0.4, 0.5) is 22.9 Å². The van der Waals surface area contributed by atoms with E-state index in [2.05, 4.69) is 57.5 Å². The lowest BCUT2D eigenvalue weighted by Crippen LogP contribution is -2.37. The predicted octanol–water partition coefficient (Wildman–Crippen LogP) is 2.77. The highest BCUT2D eigenvalue weighted by Gasteiger charge is 2.44. The van der Waals surface area contributed by atoms with E-state index >= 15 is 0 Å². The first-order chi connectivity index (χ1) is 25.2. The molecule has 6 rings (SSSR count). The van der Waals surface area contributed by atoms with Crippen molar-refractivity contribution in [3.63, 3.8) is 0 Å².